The third kappa shape index (κ3) is 6.30. The Morgan fingerprint density at radius 3 is 2.56 bits per heavy atom. The second-order valence-corrected chi connectivity index (χ2v) is 5.05. The van der Waals surface area contributed by atoms with Crippen LogP contribution in [-0.4, -0.2) is 23.4 Å². The van der Waals surface area contributed by atoms with Crippen LogP contribution in [0.25, 0.3) is 0 Å². The zero-order valence-corrected chi connectivity index (χ0v) is 11.1. The fourth-order valence-corrected chi connectivity index (χ4v) is 2.01. The van der Waals surface area contributed by atoms with Crippen molar-refractivity contribution < 1.29 is 14.7 Å². The summed E-state index contributed by atoms with van der Waals surface area (Å²) < 4.78 is 0. The van der Waals surface area contributed by atoms with E-state index in [0.717, 1.165) is 11.3 Å². The number of carbonyl (C=O) groups excluding carboxylic acids is 2. The van der Waals surface area contributed by atoms with Gasteiger partial charge < -0.3 is 15.2 Å². The first-order chi connectivity index (χ1) is 8.58. The molecule has 0 aromatic heterocycles. The summed E-state index contributed by atoms with van der Waals surface area (Å²) in [6.07, 6.45) is 1.06. The molecule has 0 aliphatic heterocycles. The zero-order valence-electron chi connectivity index (χ0n) is 10.3. The summed E-state index contributed by atoms with van der Waals surface area (Å²) in [4.78, 5) is 21.7. The number of benzene rings is 1. The van der Waals surface area contributed by atoms with Gasteiger partial charge in [-0.3, -0.25) is 4.79 Å². The molecule has 0 aliphatic carbocycles. The van der Waals surface area contributed by atoms with Gasteiger partial charge in [-0.15, -0.1) is 0 Å². The first kappa shape index (κ1) is 14.6. The predicted octanol–water partition coefficient (Wildman–Crippen LogP) is 1.20. The van der Waals surface area contributed by atoms with Gasteiger partial charge in [0.15, 0.2) is 0 Å². The first-order valence-electron chi connectivity index (χ1n) is 5.72. The Hall–Kier alpha value is -1.49. The molecule has 5 heteroatoms. The van der Waals surface area contributed by atoms with Crippen molar-refractivity contribution in [2.24, 2.45) is 0 Å². The Bertz CT molecular complexity index is 403. The monoisotopic (exact) mass is 266 g/mol. The lowest BCUT2D eigenvalue weighted by Gasteiger charge is -2.05. The Kier molecular flexibility index (Phi) is 6.28. The van der Waals surface area contributed by atoms with Crippen LogP contribution in [0.2, 0.25) is 0 Å². The number of anilines is 1. The normalized spacial score (nSPS) is 10.1. The third-order valence-electron chi connectivity index (χ3n) is 2.25. The quantitative estimate of drug-likeness (QED) is 0.753. The van der Waals surface area contributed by atoms with Crippen LogP contribution in [0.4, 0.5) is 5.69 Å². The summed E-state index contributed by atoms with van der Waals surface area (Å²) >= 11 is 1.27. The van der Waals surface area contributed by atoms with Crippen LogP contribution < -0.4 is 10.4 Å². The van der Waals surface area contributed by atoms with Gasteiger partial charge in [-0.1, -0.05) is 17.7 Å². The van der Waals surface area contributed by atoms with E-state index in [9.17, 15) is 14.7 Å². The third-order valence-corrected chi connectivity index (χ3v) is 3.26. The van der Waals surface area contributed by atoms with Gasteiger partial charge in [0.1, 0.15) is 0 Å². The largest absolute Gasteiger partial charge is 0.549 e. The van der Waals surface area contributed by atoms with E-state index in [1.165, 1.54) is 11.8 Å². The highest BCUT2D eigenvalue weighted by atomic mass is 32.2. The standard InChI is InChI=1S/C13H17NO3S/c1-10-4-6-11(7-5-10)14-12(15)3-2-8-18-9-13(16)17/h4-7H,2-3,8-9H2,1H3,(H,14,15)(H,16,17)/p-1. The van der Waals surface area contributed by atoms with Crippen molar-refractivity contribution in [3.8, 4) is 0 Å². The molecule has 4 nitrogen and oxygen atoms in total. The van der Waals surface area contributed by atoms with Crippen molar-refractivity contribution >= 4 is 29.3 Å². The molecule has 0 aliphatic rings. The van der Waals surface area contributed by atoms with Gasteiger partial charge in [-0.25, -0.2) is 0 Å². The van der Waals surface area contributed by atoms with Crippen molar-refractivity contribution in [2.45, 2.75) is 19.8 Å². The molecular formula is C13H16NO3S-. The molecule has 0 spiro atoms. The number of carbonyl (C=O) groups is 2. The number of aryl methyl sites for hydroxylation is 1. The molecule has 0 fully saturated rings. The summed E-state index contributed by atoms with van der Waals surface area (Å²) in [5.41, 5.74) is 1.93. The van der Waals surface area contributed by atoms with Crippen LogP contribution >= 0.6 is 11.8 Å². The summed E-state index contributed by atoms with van der Waals surface area (Å²) in [6, 6.07) is 7.59. The van der Waals surface area contributed by atoms with E-state index in [2.05, 4.69) is 5.32 Å². The topological polar surface area (TPSA) is 69.2 Å². The molecule has 0 unspecified atom stereocenters. The number of thioether (sulfide) groups is 1. The average Bonchev–Trinajstić information content (AvgIpc) is 2.31. The second kappa shape index (κ2) is 7.76. The average molecular weight is 266 g/mol. The molecule has 18 heavy (non-hydrogen) atoms. The number of hydrogen-bond donors (Lipinski definition) is 1. The fourth-order valence-electron chi connectivity index (χ4n) is 1.35. The van der Waals surface area contributed by atoms with Crippen LogP contribution in [0.1, 0.15) is 18.4 Å². The molecular weight excluding hydrogens is 250 g/mol. The molecule has 0 bridgehead atoms. The van der Waals surface area contributed by atoms with Gasteiger partial charge in [0, 0.05) is 17.9 Å². The smallest absolute Gasteiger partial charge is 0.224 e. The number of amides is 1. The lowest BCUT2D eigenvalue weighted by Crippen LogP contribution is -2.24. The Morgan fingerprint density at radius 1 is 1.28 bits per heavy atom. The highest BCUT2D eigenvalue weighted by Crippen LogP contribution is 2.10. The van der Waals surface area contributed by atoms with Gasteiger partial charge in [-0.2, -0.15) is 11.8 Å². The molecule has 1 aromatic carbocycles. The molecule has 1 amide bonds. The van der Waals surface area contributed by atoms with Crippen molar-refractivity contribution in [3.63, 3.8) is 0 Å². The van der Waals surface area contributed by atoms with Gasteiger partial charge in [0.05, 0.1) is 5.97 Å². The minimum Gasteiger partial charge on any atom is -0.549 e. The van der Waals surface area contributed by atoms with Gasteiger partial charge in [-0.05, 0) is 31.2 Å². The fraction of sp³-hybridized carbons (Fsp3) is 0.385. The van der Waals surface area contributed by atoms with Crippen molar-refractivity contribution in [1.82, 2.24) is 0 Å². The highest BCUT2D eigenvalue weighted by Gasteiger charge is 2.02. The lowest BCUT2D eigenvalue weighted by molar-refractivity contribution is -0.301. The lowest BCUT2D eigenvalue weighted by atomic mass is 10.2. The highest BCUT2D eigenvalue weighted by molar-refractivity contribution is 7.99. The molecule has 1 aromatic rings. The number of carboxylic acids is 1. The number of aliphatic carboxylic acids is 1. The summed E-state index contributed by atoms with van der Waals surface area (Å²) in [6.45, 7) is 1.99. The molecule has 98 valence electrons. The van der Waals surface area contributed by atoms with Gasteiger partial charge in [0.2, 0.25) is 5.91 Å². The molecule has 0 radical (unpaired) electrons. The Morgan fingerprint density at radius 2 is 1.94 bits per heavy atom. The number of hydrogen-bond acceptors (Lipinski definition) is 4. The Labute approximate surface area is 111 Å². The summed E-state index contributed by atoms with van der Waals surface area (Å²) in [5.74, 6) is -0.480. The second-order valence-electron chi connectivity index (χ2n) is 3.94. The van der Waals surface area contributed by atoms with Crippen LogP contribution in [0, 0.1) is 6.92 Å². The van der Waals surface area contributed by atoms with E-state index in [4.69, 9.17) is 0 Å². The minimum atomic E-state index is -1.07. The van der Waals surface area contributed by atoms with Crippen molar-refractivity contribution in [1.29, 1.82) is 0 Å². The molecule has 0 saturated carbocycles. The number of rotatable bonds is 7. The van der Waals surface area contributed by atoms with Crippen molar-refractivity contribution in [3.05, 3.63) is 29.8 Å². The van der Waals surface area contributed by atoms with Crippen LogP contribution in [0.3, 0.4) is 0 Å². The molecule has 0 saturated heterocycles. The van der Waals surface area contributed by atoms with E-state index in [1.54, 1.807) is 0 Å². The van der Waals surface area contributed by atoms with Crippen molar-refractivity contribution in [2.75, 3.05) is 16.8 Å². The zero-order chi connectivity index (χ0) is 13.4. The van der Waals surface area contributed by atoms with Gasteiger partial charge in [0.25, 0.3) is 0 Å². The summed E-state index contributed by atoms with van der Waals surface area (Å²) in [5, 5.41) is 12.9. The molecule has 0 atom stereocenters. The maximum Gasteiger partial charge on any atom is 0.224 e. The number of nitrogens with one attached hydrogen (secondary N) is 1. The van der Waals surface area contributed by atoms with E-state index in [1.807, 2.05) is 31.2 Å². The molecule has 0 heterocycles. The maximum atomic E-state index is 11.5. The van der Waals surface area contributed by atoms with E-state index >= 15 is 0 Å². The first-order valence-corrected chi connectivity index (χ1v) is 6.87. The van der Waals surface area contributed by atoms with Gasteiger partial charge >= 0.3 is 0 Å². The summed E-state index contributed by atoms with van der Waals surface area (Å²) in [7, 11) is 0. The SMILES string of the molecule is Cc1ccc(NC(=O)CCCSCC(=O)[O-])cc1. The van der Waals surface area contributed by atoms with Crippen LogP contribution in [-0.2, 0) is 9.59 Å². The van der Waals surface area contributed by atoms with Crippen LogP contribution in [0.5, 0.6) is 0 Å². The van der Waals surface area contributed by atoms with E-state index in [-0.39, 0.29) is 11.7 Å². The maximum absolute atomic E-state index is 11.5. The Balaban J connectivity index is 2.17. The molecule has 1 N–H and O–H groups in total. The van der Waals surface area contributed by atoms with E-state index in [0.29, 0.717) is 18.6 Å². The molecule has 1 rings (SSSR count). The predicted molar refractivity (Wildman–Crippen MR) is 71.4 cm³/mol. The number of carboxylic acid groups (broad SMARTS) is 1. The van der Waals surface area contributed by atoms with E-state index < -0.39 is 5.97 Å². The van der Waals surface area contributed by atoms with Crippen LogP contribution in [0.15, 0.2) is 24.3 Å². The minimum absolute atomic E-state index is 0.0143.